The average Bonchev–Trinajstić information content (AvgIpc) is 2.70. The first kappa shape index (κ1) is 13.0. The summed E-state index contributed by atoms with van der Waals surface area (Å²) in [7, 11) is 0. The molecule has 1 aromatic rings. The molecule has 0 saturated heterocycles. The second-order valence-corrected chi connectivity index (χ2v) is 4.69. The van der Waals surface area contributed by atoms with Crippen LogP contribution in [0.5, 0.6) is 0 Å². The topological polar surface area (TPSA) is 71.9 Å². The zero-order valence-corrected chi connectivity index (χ0v) is 10.8. The Kier molecular flexibility index (Phi) is 4.32. The van der Waals surface area contributed by atoms with Crippen LogP contribution in [0.4, 0.5) is 0 Å². The van der Waals surface area contributed by atoms with Crippen LogP contribution in [0.2, 0.25) is 0 Å². The SMILES string of the molecule is CCOC1(c2noc(CC#N)n2)CCCCCC1. The fraction of sp³-hybridized carbons (Fsp3) is 0.769. The summed E-state index contributed by atoms with van der Waals surface area (Å²) in [5.74, 6) is 1.01. The first-order valence-corrected chi connectivity index (χ1v) is 6.65. The molecule has 1 fully saturated rings. The molecule has 1 aliphatic carbocycles. The summed E-state index contributed by atoms with van der Waals surface area (Å²) in [6, 6.07) is 2.02. The maximum atomic E-state index is 8.64. The van der Waals surface area contributed by atoms with Crippen molar-refractivity contribution >= 4 is 0 Å². The van der Waals surface area contributed by atoms with Crippen molar-refractivity contribution in [3.05, 3.63) is 11.7 Å². The lowest BCUT2D eigenvalue weighted by atomic mass is 9.93. The summed E-state index contributed by atoms with van der Waals surface area (Å²) >= 11 is 0. The molecule has 0 aliphatic heterocycles. The lowest BCUT2D eigenvalue weighted by molar-refractivity contribution is -0.0636. The minimum absolute atomic E-state index is 0.162. The van der Waals surface area contributed by atoms with E-state index in [1.54, 1.807) is 0 Å². The normalized spacial score (nSPS) is 19.1. The summed E-state index contributed by atoms with van der Waals surface area (Å²) in [5, 5.41) is 12.7. The molecule has 5 heteroatoms. The van der Waals surface area contributed by atoms with Crippen molar-refractivity contribution in [2.75, 3.05) is 6.61 Å². The monoisotopic (exact) mass is 249 g/mol. The van der Waals surface area contributed by atoms with Crippen LogP contribution in [-0.2, 0) is 16.8 Å². The van der Waals surface area contributed by atoms with Gasteiger partial charge in [0.15, 0.2) is 0 Å². The highest BCUT2D eigenvalue weighted by molar-refractivity contribution is 5.04. The van der Waals surface area contributed by atoms with Crippen LogP contribution in [-0.4, -0.2) is 16.7 Å². The molecule has 0 atom stereocenters. The summed E-state index contributed by atoms with van der Waals surface area (Å²) in [5.41, 5.74) is -0.400. The lowest BCUT2D eigenvalue weighted by Crippen LogP contribution is -2.30. The van der Waals surface area contributed by atoms with E-state index in [-0.39, 0.29) is 6.42 Å². The zero-order valence-electron chi connectivity index (χ0n) is 10.8. The van der Waals surface area contributed by atoms with E-state index in [1.807, 2.05) is 13.0 Å². The third-order valence-electron chi connectivity index (χ3n) is 3.44. The van der Waals surface area contributed by atoms with Gasteiger partial charge in [-0.25, -0.2) is 0 Å². The van der Waals surface area contributed by atoms with Crippen LogP contribution in [0.3, 0.4) is 0 Å². The summed E-state index contributed by atoms with van der Waals surface area (Å²) in [4.78, 5) is 4.33. The maximum Gasteiger partial charge on any atom is 0.240 e. The van der Waals surface area contributed by atoms with Crippen molar-refractivity contribution in [2.24, 2.45) is 0 Å². The third-order valence-corrected chi connectivity index (χ3v) is 3.44. The average molecular weight is 249 g/mol. The fourth-order valence-corrected chi connectivity index (χ4v) is 2.59. The smallest absolute Gasteiger partial charge is 0.240 e. The van der Waals surface area contributed by atoms with Gasteiger partial charge in [0.2, 0.25) is 11.7 Å². The Morgan fingerprint density at radius 2 is 2.06 bits per heavy atom. The molecule has 1 saturated carbocycles. The molecule has 2 rings (SSSR count). The van der Waals surface area contributed by atoms with Gasteiger partial charge in [0, 0.05) is 6.61 Å². The Bertz CT molecular complexity index is 414. The Balaban J connectivity index is 2.24. The van der Waals surface area contributed by atoms with Gasteiger partial charge in [-0.3, -0.25) is 0 Å². The Morgan fingerprint density at radius 3 is 2.67 bits per heavy atom. The van der Waals surface area contributed by atoms with Crippen LogP contribution in [0, 0.1) is 11.3 Å². The molecular weight excluding hydrogens is 230 g/mol. The van der Waals surface area contributed by atoms with Gasteiger partial charge in [-0.2, -0.15) is 10.2 Å². The highest BCUT2D eigenvalue weighted by Crippen LogP contribution is 2.37. The number of hydrogen-bond acceptors (Lipinski definition) is 5. The van der Waals surface area contributed by atoms with E-state index in [9.17, 15) is 0 Å². The first-order valence-electron chi connectivity index (χ1n) is 6.65. The van der Waals surface area contributed by atoms with Gasteiger partial charge in [0.05, 0.1) is 6.07 Å². The summed E-state index contributed by atoms with van der Waals surface area (Å²) in [6.45, 7) is 2.63. The van der Waals surface area contributed by atoms with Gasteiger partial charge >= 0.3 is 0 Å². The lowest BCUT2D eigenvalue weighted by Gasteiger charge is -2.29. The van der Waals surface area contributed by atoms with E-state index in [1.165, 1.54) is 12.8 Å². The molecule has 1 aromatic heterocycles. The Labute approximate surface area is 107 Å². The highest BCUT2D eigenvalue weighted by atomic mass is 16.5. The Morgan fingerprint density at radius 1 is 1.33 bits per heavy atom. The standard InChI is InChI=1S/C13H19N3O2/c1-2-17-13(8-5-3-4-6-9-13)12-15-11(7-10-14)18-16-12/h2-9H2,1H3. The predicted octanol–water partition coefficient (Wildman–Crippen LogP) is 2.72. The van der Waals surface area contributed by atoms with E-state index >= 15 is 0 Å². The Hall–Kier alpha value is -1.41. The molecule has 0 bridgehead atoms. The molecule has 18 heavy (non-hydrogen) atoms. The molecular formula is C13H19N3O2. The van der Waals surface area contributed by atoms with Gasteiger partial charge in [0.1, 0.15) is 12.0 Å². The first-order chi connectivity index (χ1) is 8.80. The third kappa shape index (κ3) is 2.70. The largest absolute Gasteiger partial charge is 0.367 e. The minimum Gasteiger partial charge on any atom is -0.367 e. The highest BCUT2D eigenvalue weighted by Gasteiger charge is 2.38. The number of nitriles is 1. The number of nitrogens with zero attached hydrogens (tertiary/aromatic N) is 3. The quantitative estimate of drug-likeness (QED) is 0.767. The molecule has 98 valence electrons. The molecule has 0 amide bonds. The van der Waals surface area contributed by atoms with E-state index in [2.05, 4.69) is 10.1 Å². The molecule has 0 unspecified atom stereocenters. The van der Waals surface area contributed by atoms with Crippen LogP contribution in [0.15, 0.2) is 4.52 Å². The second-order valence-electron chi connectivity index (χ2n) is 4.69. The van der Waals surface area contributed by atoms with E-state index in [0.29, 0.717) is 18.3 Å². The molecule has 1 heterocycles. The van der Waals surface area contributed by atoms with Crippen LogP contribution in [0.25, 0.3) is 0 Å². The van der Waals surface area contributed by atoms with Crippen molar-refractivity contribution in [3.8, 4) is 6.07 Å². The van der Waals surface area contributed by atoms with Gasteiger partial charge in [0.25, 0.3) is 0 Å². The molecule has 1 aliphatic rings. The maximum absolute atomic E-state index is 8.64. The molecule has 5 nitrogen and oxygen atoms in total. The molecule has 0 spiro atoms. The van der Waals surface area contributed by atoms with Crippen molar-refractivity contribution in [3.63, 3.8) is 0 Å². The van der Waals surface area contributed by atoms with E-state index < -0.39 is 5.60 Å². The second kappa shape index (κ2) is 5.96. The number of hydrogen-bond donors (Lipinski definition) is 0. The van der Waals surface area contributed by atoms with Crippen molar-refractivity contribution in [1.82, 2.24) is 10.1 Å². The van der Waals surface area contributed by atoms with Crippen molar-refractivity contribution in [2.45, 2.75) is 57.5 Å². The van der Waals surface area contributed by atoms with Crippen molar-refractivity contribution < 1.29 is 9.26 Å². The van der Waals surface area contributed by atoms with Gasteiger partial charge in [-0.1, -0.05) is 30.8 Å². The number of ether oxygens (including phenoxy) is 1. The van der Waals surface area contributed by atoms with Gasteiger partial charge in [-0.15, -0.1) is 0 Å². The molecule has 0 radical (unpaired) electrons. The van der Waals surface area contributed by atoms with Gasteiger partial charge < -0.3 is 9.26 Å². The molecule has 0 N–H and O–H groups in total. The summed E-state index contributed by atoms with van der Waals surface area (Å²) in [6.07, 6.45) is 6.76. The summed E-state index contributed by atoms with van der Waals surface area (Å²) < 4.78 is 11.1. The number of aromatic nitrogens is 2. The molecule has 0 aromatic carbocycles. The minimum atomic E-state index is -0.400. The van der Waals surface area contributed by atoms with Crippen molar-refractivity contribution in [1.29, 1.82) is 5.26 Å². The predicted molar refractivity (Wildman–Crippen MR) is 64.6 cm³/mol. The number of rotatable bonds is 4. The zero-order chi connectivity index (χ0) is 12.8. The van der Waals surface area contributed by atoms with E-state index in [0.717, 1.165) is 25.7 Å². The fourth-order valence-electron chi connectivity index (χ4n) is 2.59. The van der Waals surface area contributed by atoms with E-state index in [4.69, 9.17) is 14.5 Å². The van der Waals surface area contributed by atoms with Crippen LogP contribution in [0.1, 0.15) is 57.2 Å². The van der Waals surface area contributed by atoms with Gasteiger partial charge in [-0.05, 0) is 19.8 Å². The van der Waals surface area contributed by atoms with Crippen LogP contribution >= 0.6 is 0 Å². The van der Waals surface area contributed by atoms with Crippen LogP contribution < -0.4 is 0 Å².